The first-order chi connectivity index (χ1) is 8.34. The molecule has 1 aromatic carbocycles. The van der Waals surface area contributed by atoms with Crippen molar-refractivity contribution in [2.75, 3.05) is 0 Å². The van der Waals surface area contributed by atoms with Crippen LogP contribution in [0.3, 0.4) is 0 Å². The molecule has 0 saturated carbocycles. The van der Waals surface area contributed by atoms with Crippen molar-refractivity contribution < 1.29 is 0 Å². The Hall–Kier alpha value is -1.35. The minimum atomic E-state index is 0.771. The summed E-state index contributed by atoms with van der Waals surface area (Å²) < 4.78 is 2.24. The van der Waals surface area contributed by atoms with E-state index in [9.17, 15) is 0 Å². The van der Waals surface area contributed by atoms with Gasteiger partial charge in [-0.1, -0.05) is 29.8 Å². The maximum absolute atomic E-state index is 6.17. The van der Waals surface area contributed by atoms with Crippen LogP contribution in [0.2, 0.25) is 5.02 Å². The lowest BCUT2D eigenvalue weighted by atomic mass is 10.1. The fourth-order valence-electron chi connectivity index (χ4n) is 2.31. The monoisotopic (exact) mass is 247 g/mol. The van der Waals surface area contributed by atoms with E-state index in [0.29, 0.717) is 0 Å². The summed E-state index contributed by atoms with van der Waals surface area (Å²) in [5, 5.41) is 9.35. The average molecular weight is 248 g/mol. The maximum atomic E-state index is 6.17. The predicted octanol–water partition coefficient (Wildman–Crippen LogP) is 2.86. The Balaban J connectivity index is 1.91. The summed E-state index contributed by atoms with van der Waals surface area (Å²) in [5.74, 6) is 2.16. The Kier molecular flexibility index (Phi) is 2.85. The molecule has 4 heteroatoms. The van der Waals surface area contributed by atoms with Crippen LogP contribution in [0.1, 0.15) is 30.1 Å². The van der Waals surface area contributed by atoms with E-state index in [-0.39, 0.29) is 0 Å². The number of rotatable bonds is 2. The van der Waals surface area contributed by atoms with Gasteiger partial charge in [0, 0.05) is 24.4 Å². The molecule has 0 radical (unpaired) electrons. The fraction of sp³-hybridized carbons (Fsp3) is 0.385. The van der Waals surface area contributed by atoms with Crippen molar-refractivity contribution in [2.24, 2.45) is 0 Å². The highest BCUT2D eigenvalue weighted by Gasteiger charge is 2.16. The van der Waals surface area contributed by atoms with Gasteiger partial charge in [-0.05, 0) is 24.5 Å². The van der Waals surface area contributed by atoms with Crippen molar-refractivity contribution >= 4 is 11.6 Å². The molecule has 0 spiro atoms. The highest BCUT2D eigenvalue weighted by Crippen LogP contribution is 2.20. The SMILES string of the molecule is Clc1ccccc1Cc1nnc2n1CCCC2. The first-order valence-corrected chi connectivity index (χ1v) is 6.37. The standard InChI is InChI=1S/C13H14ClN3/c14-11-6-2-1-5-10(11)9-13-16-15-12-7-3-4-8-17(12)13/h1-2,5-6H,3-4,7-9H2. The van der Waals surface area contributed by atoms with Crippen LogP contribution >= 0.6 is 11.6 Å². The normalized spacial score (nSPS) is 14.6. The number of halogens is 1. The van der Waals surface area contributed by atoms with Gasteiger partial charge in [-0.3, -0.25) is 0 Å². The van der Waals surface area contributed by atoms with Crippen LogP contribution in [0.5, 0.6) is 0 Å². The van der Waals surface area contributed by atoms with Gasteiger partial charge >= 0.3 is 0 Å². The van der Waals surface area contributed by atoms with E-state index >= 15 is 0 Å². The van der Waals surface area contributed by atoms with Crippen LogP contribution in [0.4, 0.5) is 0 Å². The van der Waals surface area contributed by atoms with E-state index in [1.54, 1.807) is 0 Å². The summed E-state index contributed by atoms with van der Waals surface area (Å²) in [5.41, 5.74) is 1.12. The van der Waals surface area contributed by atoms with Gasteiger partial charge in [0.1, 0.15) is 11.6 Å². The molecule has 0 aliphatic carbocycles. The highest BCUT2D eigenvalue weighted by atomic mass is 35.5. The first-order valence-electron chi connectivity index (χ1n) is 5.99. The molecule has 0 saturated heterocycles. The number of hydrogen-bond acceptors (Lipinski definition) is 2. The maximum Gasteiger partial charge on any atom is 0.137 e. The van der Waals surface area contributed by atoms with Crippen LogP contribution in [0.25, 0.3) is 0 Å². The molecule has 2 aromatic rings. The number of hydrogen-bond donors (Lipinski definition) is 0. The predicted molar refractivity (Wildman–Crippen MR) is 67.2 cm³/mol. The van der Waals surface area contributed by atoms with Crippen LogP contribution in [-0.4, -0.2) is 14.8 Å². The van der Waals surface area contributed by atoms with Gasteiger partial charge in [-0.25, -0.2) is 0 Å². The summed E-state index contributed by atoms with van der Waals surface area (Å²) in [6.07, 6.45) is 4.27. The van der Waals surface area contributed by atoms with Gasteiger partial charge < -0.3 is 4.57 Å². The Morgan fingerprint density at radius 3 is 2.94 bits per heavy atom. The highest BCUT2D eigenvalue weighted by molar-refractivity contribution is 6.31. The first kappa shape index (κ1) is 10.8. The third kappa shape index (κ3) is 2.07. The Morgan fingerprint density at radius 1 is 1.18 bits per heavy atom. The number of nitrogens with zero attached hydrogens (tertiary/aromatic N) is 3. The quantitative estimate of drug-likeness (QED) is 0.817. The summed E-state index contributed by atoms with van der Waals surface area (Å²) in [6, 6.07) is 7.93. The molecule has 3 rings (SSSR count). The lowest BCUT2D eigenvalue weighted by molar-refractivity contribution is 0.510. The number of aryl methyl sites for hydroxylation is 1. The van der Waals surface area contributed by atoms with E-state index in [1.165, 1.54) is 12.8 Å². The molecule has 0 bridgehead atoms. The second-order valence-corrected chi connectivity index (χ2v) is 4.82. The molecule has 3 nitrogen and oxygen atoms in total. The van der Waals surface area contributed by atoms with Crippen molar-refractivity contribution in [3.05, 3.63) is 46.5 Å². The van der Waals surface area contributed by atoms with Crippen molar-refractivity contribution in [1.29, 1.82) is 0 Å². The molecule has 88 valence electrons. The minimum absolute atomic E-state index is 0.771. The molecule has 1 aliphatic heterocycles. The molecule has 0 N–H and O–H groups in total. The molecule has 0 unspecified atom stereocenters. The Bertz CT molecular complexity index is 533. The molecular formula is C13H14ClN3. The van der Waals surface area contributed by atoms with Crippen LogP contribution in [-0.2, 0) is 19.4 Å². The fourth-order valence-corrected chi connectivity index (χ4v) is 2.51. The second-order valence-electron chi connectivity index (χ2n) is 4.41. The van der Waals surface area contributed by atoms with Gasteiger partial charge in [-0.2, -0.15) is 0 Å². The van der Waals surface area contributed by atoms with Gasteiger partial charge in [-0.15, -0.1) is 10.2 Å². The Morgan fingerprint density at radius 2 is 2.06 bits per heavy atom. The van der Waals surface area contributed by atoms with Crippen molar-refractivity contribution in [1.82, 2.24) is 14.8 Å². The van der Waals surface area contributed by atoms with Gasteiger partial charge in [0.25, 0.3) is 0 Å². The van der Waals surface area contributed by atoms with E-state index in [2.05, 4.69) is 14.8 Å². The van der Waals surface area contributed by atoms with E-state index in [1.807, 2.05) is 24.3 Å². The lowest BCUT2D eigenvalue weighted by Gasteiger charge is -2.14. The van der Waals surface area contributed by atoms with E-state index < -0.39 is 0 Å². The third-order valence-corrected chi connectivity index (χ3v) is 3.61. The number of aromatic nitrogens is 3. The largest absolute Gasteiger partial charge is 0.315 e. The zero-order valence-electron chi connectivity index (χ0n) is 9.56. The molecule has 1 aromatic heterocycles. The van der Waals surface area contributed by atoms with Gasteiger partial charge in [0.05, 0.1) is 0 Å². The Labute approximate surface area is 105 Å². The summed E-state index contributed by atoms with van der Waals surface area (Å²) in [4.78, 5) is 0. The zero-order valence-corrected chi connectivity index (χ0v) is 10.3. The van der Waals surface area contributed by atoms with Crippen LogP contribution in [0.15, 0.2) is 24.3 Å². The third-order valence-electron chi connectivity index (χ3n) is 3.24. The molecule has 0 atom stereocenters. The summed E-state index contributed by atoms with van der Waals surface area (Å²) in [7, 11) is 0. The lowest BCUT2D eigenvalue weighted by Crippen LogP contribution is -2.13. The molecular weight excluding hydrogens is 234 g/mol. The minimum Gasteiger partial charge on any atom is -0.315 e. The molecule has 0 amide bonds. The molecule has 1 aliphatic rings. The average Bonchev–Trinajstić information content (AvgIpc) is 2.76. The van der Waals surface area contributed by atoms with Crippen molar-refractivity contribution in [3.63, 3.8) is 0 Å². The smallest absolute Gasteiger partial charge is 0.137 e. The molecule has 2 heterocycles. The van der Waals surface area contributed by atoms with E-state index in [0.717, 1.165) is 41.6 Å². The van der Waals surface area contributed by atoms with Crippen molar-refractivity contribution in [3.8, 4) is 0 Å². The van der Waals surface area contributed by atoms with Crippen LogP contribution in [0, 0.1) is 0 Å². The summed E-state index contributed by atoms with van der Waals surface area (Å²) in [6.45, 7) is 1.04. The van der Waals surface area contributed by atoms with Crippen LogP contribution < -0.4 is 0 Å². The topological polar surface area (TPSA) is 30.7 Å². The zero-order chi connectivity index (χ0) is 11.7. The van der Waals surface area contributed by atoms with Gasteiger partial charge in [0.15, 0.2) is 0 Å². The van der Waals surface area contributed by atoms with Gasteiger partial charge in [0.2, 0.25) is 0 Å². The second kappa shape index (κ2) is 4.49. The number of benzene rings is 1. The summed E-state index contributed by atoms with van der Waals surface area (Å²) >= 11 is 6.17. The molecule has 17 heavy (non-hydrogen) atoms. The van der Waals surface area contributed by atoms with Crippen molar-refractivity contribution in [2.45, 2.75) is 32.2 Å². The molecule has 0 fully saturated rings. The van der Waals surface area contributed by atoms with E-state index in [4.69, 9.17) is 11.6 Å². The number of fused-ring (bicyclic) bond motifs is 1.